The third-order valence-electron chi connectivity index (χ3n) is 2.46. The number of ether oxygens (including phenoxy) is 1. The van der Waals surface area contributed by atoms with E-state index in [0.717, 1.165) is 0 Å². The van der Waals surface area contributed by atoms with Crippen LogP contribution in [0.15, 0.2) is 22.8 Å². The van der Waals surface area contributed by atoms with E-state index in [9.17, 15) is 9.59 Å². The van der Waals surface area contributed by atoms with Gasteiger partial charge in [0, 0.05) is 4.88 Å². The normalized spacial score (nSPS) is 10.1. The van der Waals surface area contributed by atoms with Gasteiger partial charge in [0.1, 0.15) is 0 Å². The predicted molar refractivity (Wildman–Crippen MR) is 85.2 cm³/mol. The van der Waals surface area contributed by atoms with Gasteiger partial charge in [-0.25, -0.2) is 9.78 Å². The van der Waals surface area contributed by atoms with Gasteiger partial charge >= 0.3 is 5.97 Å². The lowest BCUT2D eigenvalue weighted by Crippen LogP contribution is -2.33. The van der Waals surface area contributed by atoms with Crippen LogP contribution >= 0.6 is 23.6 Å². The van der Waals surface area contributed by atoms with Gasteiger partial charge in [-0.1, -0.05) is 0 Å². The zero-order valence-corrected chi connectivity index (χ0v) is 13.5. The number of carbonyl (C=O) groups is 2. The van der Waals surface area contributed by atoms with Crippen LogP contribution in [0.4, 0.5) is 5.13 Å². The monoisotopic (exact) mass is 339 g/mol. The fourth-order valence-electron chi connectivity index (χ4n) is 1.54. The number of anilines is 1. The molecule has 0 fully saturated rings. The zero-order valence-electron chi connectivity index (χ0n) is 11.8. The molecule has 0 saturated heterocycles. The van der Waals surface area contributed by atoms with Gasteiger partial charge in [-0.2, -0.15) is 0 Å². The van der Waals surface area contributed by atoms with E-state index >= 15 is 0 Å². The molecule has 0 unspecified atom stereocenters. The van der Waals surface area contributed by atoms with Gasteiger partial charge in [0.25, 0.3) is 5.91 Å². The Morgan fingerprint density at radius 2 is 2.27 bits per heavy atom. The molecule has 0 spiro atoms. The molecule has 2 N–H and O–H groups in total. The zero-order chi connectivity index (χ0) is 16.1. The number of thiazole rings is 1. The smallest absolute Gasteiger partial charge is 0.358 e. The molecule has 116 valence electrons. The van der Waals surface area contributed by atoms with Gasteiger partial charge in [-0.3, -0.25) is 10.1 Å². The lowest BCUT2D eigenvalue weighted by atomic mass is 10.4. The van der Waals surface area contributed by atoms with Gasteiger partial charge in [-0.15, -0.1) is 11.3 Å². The molecule has 1 amide bonds. The number of nitrogens with zero attached hydrogens (tertiary/aromatic N) is 1. The lowest BCUT2D eigenvalue weighted by molar-refractivity contribution is 0.0519. The van der Waals surface area contributed by atoms with Crippen LogP contribution in [0.3, 0.4) is 0 Å². The highest BCUT2D eigenvalue weighted by Gasteiger charge is 2.17. The van der Waals surface area contributed by atoms with Crippen molar-refractivity contribution in [1.29, 1.82) is 0 Å². The Kier molecular flexibility index (Phi) is 5.23. The van der Waals surface area contributed by atoms with Crippen molar-refractivity contribution in [2.75, 3.05) is 11.9 Å². The number of hydrogen-bond acceptors (Lipinski definition) is 7. The highest BCUT2D eigenvalue weighted by molar-refractivity contribution is 7.80. The van der Waals surface area contributed by atoms with Crippen molar-refractivity contribution in [3.63, 3.8) is 0 Å². The average Bonchev–Trinajstić information content (AvgIpc) is 3.08. The molecular weight excluding hydrogens is 326 g/mol. The second-order valence-electron chi connectivity index (χ2n) is 4.03. The van der Waals surface area contributed by atoms with Crippen molar-refractivity contribution in [3.8, 4) is 0 Å². The second-order valence-corrected chi connectivity index (χ2v) is 5.64. The summed E-state index contributed by atoms with van der Waals surface area (Å²) in [6.07, 6.45) is 1.39. The van der Waals surface area contributed by atoms with Gasteiger partial charge < -0.3 is 14.5 Å². The number of furan rings is 1. The summed E-state index contributed by atoms with van der Waals surface area (Å²) in [7, 11) is 0. The largest absolute Gasteiger partial charge is 0.461 e. The number of nitrogens with one attached hydrogen (secondary N) is 2. The number of esters is 1. The average molecular weight is 339 g/mol. The van der Waals surface area contributed by atoms with Crippen LogP contribution in [-0.2, 0) is 4.74 Å². The van der Waals surface area contributed by atoms with Crippen LogP contribution in [0, 0.1) is 6.92 Å². The molecule has 0 bridgehead atoms. The van der Waals surface area contributed by atoms with Crippen LogP contribution in [0.1, 0.15) is 32.8 Å². The Morgan fingerprint density at radius 3 is 2.91 bits per heavy atom. The van der Waals surface area contributed by atoms with E-state index in [1.54, 1.807) is 19.9 Å². The Morgan fingerprint density at radius 1 is 1.50 bits per heavy atom. The lowest BCUT2D eigenvalue weighted by Gasteiger charge is -2.05. The molecule has 22 heavy (non-hydrogen) atoms. The minimum absolute atomic E-state index is 0.0607. The molecule has 9 heteroatoms. The van der Waals surface area contributed by atoms with E-state index in [0.29, 0.717) is 10.0 Å². The van der Waals surface area contributed by atoms with E-state index in [2.05, 4.69) is 15.6 Å². The molecule has 0 atom stereocenters. The van der Waals surface area contributed by atoms with Crippen LogP contribution < -0.4 is 10.6 Å². The molecular formula is C13H13N3O4S2. The molecule has 0 aliphatic rings. The number of aromatic nitrogens is 1. The summed E-state index contributed by atoms with van der Waals surface area (Å²) in [5, 5.41) is 5.66. The third-order valence-corrected chi connectivity index (χ3v) is 3.55. The third kappa shape index (κ3) is 3.89. The summed E-state index contributed by atoms with van der Waals surface area (Å²) in [5.41, 5.74) is 0.231. The molecule has 2 aromatic rings. The van der Waals surface area contributed by atoms with Crippen molar-refractivity contribution in [1.82, 2.24) is 10.3 Å². The predicted octanol–water partition coefficient (Wildman–Crippen LogP) is 2.35. The van der Waals surface area contributed by atoms with Gasteiger partial charge in [0.15, 0.2) is 21.7 Å². The van der Waals surface area contributed by atoms with Crippen molar-refractivity contribution in [2.45, 2.75) is 13.8 Å². The summed E-state index contributed by atoms with van der Waals surface area (Å²) < 4.78 is 9.86. The maximum Gasteiger partial charge on any atom is 0.358 e. The van der Waals surface area contributed by atoms with Crippen molar-refractivity contribution in [3.05, 3.63) is 34.7 Å². The number of hydrogen-bond donors (Lipinski definition) is 2. The highest BCUT2D eigenvalue weighted by Crippen LogP contribution is 2.22. The van der Waals surface area contributed by atoms with E-state index in [-0.39, 0.29) is 23.2 Å². The molecule has 2 aromatic heterocycles. The number of rotatable bonds is 4. The second kappa shape index (κ2) is 7.14. The summed E-state index contributed by atoms with van der Waals surface area (Å²) in [6, 6.07) is 3.12. The van der Waals surface area contributed by atoms with E-state index in [1.165, 1.54) is 23.7 Å². The summed E-state index contributed by atoms with van der Waals surface area (Å²) in [4.78, 5) is 28.2. The first-order chi connectivity index (χ1) is 10.5. The van der Waals surface area contributed by atoms with Gasteiger partial charge in [0.2, 0.25) is 0 Å². The Bertz CT molecular complexity index is 694. The standard InChI is InChI=1S/C13H13N3O4S2/c1-3-19-11(18)9-7(2)22-13(14-9)16-12(21)15-10(17)8-5-4-6-20-8/h4-6H,3H2,1-2H3,(H2,14,15,16,17,21). The fraction of sp³-hybridized carbons (Fsp3) is 0.231. The Hall–Kier alpha value is -2.26. The topological polar surface area (TPSA) is 93.5 Å². The number of amides is 1. The van der Waals surface area contributed by atoms with Gasteiger partial charge in [0.05, 0.1) is 12.9 Å². The van der Waals surface area contributed by atoms with E-state index < -0.39 is 11.9 Å². The summed E-state index contributed by atoms with van der Waals surface area (Å²) in [6.45, 7) is 3.74. The van der Waals surface area contributed by atoms with Crippen molar-refractivity contribution < 1.29 is 18.7 Å². The first-order valence-corrected chi connectivity index (χ1v) is 7.54. The minimum atomic E-state index is -0.491. The first kappa shape index (κ1) is 16.1. The van der Waals surface area contributed by atoms with Crippen molar-refractivity contribution in [2.24, 2.45) is 0 Å². The molecule has 0 aliphatic heterocycles. The maximum atomic E-state index is 11.7. The molecule has 0 radical (unpaired) electrons. The molecule has 7 nitrogen and oxygen atoms in total. The molecule has 0 aliphatic carbocycles. The minimum Gasteiger partial charge on any atom is -0.461 e. The number of aryl methyl sites for hydroxylation is 1. The van der Waals surface area contributed by atoms with Crippen LogP contribution in [0.5, 0.6) is 0 Å². The Balaban J connectivity index is 1.99. The highest BCUT2D eigenvalue weighted by atomic mass is 32.1. The van der Waals surface area contributed by atoms with Crippen LogP contribution in [0.2, 0.25) is 0 Å². The molecule has 2 heterocycles. The van der Waals surface area contributed by atoms with E-state index in [4.69, 9.17) is 21.4 Å². The summed E-state index contributed by atoms with van der Waals surface area (Å²) in [5.74, 6) is -0.817. The SMILES string of the molecule is CCOC(=O)c1nc(NC(=S)NC(=O)c2ccco2)sc1C. The number of thiocarbonyl (C=S) groups is 1. The fourth-order valence-corrected chi connectivity index (χ4v) is 2.60. The maximum absolute atomic E-state index is 11.7. The molecule has 0 saturated carbocycles. The van der Waals surface area contributed by atoms with Gasteiger partial charge in [-0.05, 0) is 38.2 Å². The quantitative estimate of drug-likeness (QED) is 0.652. The van der Waals surface area contributed by atoms with E-state index in [1.807, 2.05) is 0 Å². The Labute approximate surface area is 135 Å². The van der Waals surface area contributed by atoms with Crippen molar-refractivity contribution >= 4 is 45.7 Å². The first-order valence-electron chi connectivity index (χ1n) is 6.31. The molecule has 0 aromatic carbocycles. The summed E-state index contributed by atoms with van der Waals surface area (Å²) >= 11 is 6.26. The van der Waals surface area contributed by atoms with Crippen LogP contribution in [0.25, 0.3) is 0 Å². The number of carbonyl (C=O) groups excluding carboxylic acids is 2. The van der Waals surface area contributed by atoms with Crippen LogP contribution in [-0.4, -0.2) is 28.6 Å². The molecule has 2 rings (SSSR count).